The van der Waals surface area contributed by atoms with E-state index in [4.69, 9.17) is 5.73 Å². The first kappa shape index (κ1) is 11.8. The standard InChI is InChI=1S/C13H20N2S/c1-15(10-5-3-6-10)12-7-4-8-13(16-2)11(12)9-14/h4,7-8,10H,3,5-6,9,14H2,1-2H3. The van der Waals surface area contributed by atoms with Crippen molar-refractivity contribution in [3.8, 4) is 0 Å². The van der Waals surface area contributed by atoms with E-state index in [0.29, 0.717) is 6.54 Å². The minimum Gasteiger partial charge on any atom is -0.371 e. The molecule has 1 aromatic carbocycles. The number of hydrogen-bond donors (Lipinski definition) is 1. The Morgan fingerprint density at radius 1 is 1.44 bits per heavy atom. The van der Waals surface area contributed by atoms with Crippen molar-refractivity contribution in [2.45, 2.75) is 36.7 Å². The highest BCUT2D eigenvalue weighted by atomic mass is 32.2. The van der Waals surface area contributed by atoms with Crippen molar-refractivity contribution in [1.29, 1.82) is 0 Å². The Kier molecular flexibility index (Phi) is 3.77. The molecule has 88 valence electrons. The van der Waals surface area contributed by atoms with Gasteiger partial charge in [0.2, 0.25) is 0 Å². The van der Waals surface area contributed by atoms with Crippen LogP contribution in [-0.2, 0) is 6.54 Å². The number of nitrogens with two attached hydrogens (primary N) is 1. The van der Waals surface area contributed by atoms with E-state index in [1.807, 2.05) is 0 Å². The van der Waals surface area contributed by atoms with Crippen LogP contribution in [0, 0.1) is 0 Å². The first-order valence-corrected chi connectivity index (χ1v) is 7.09. The zero-order chi connectivity index (χ0) is 11.5. The lowest BCUT2D eigenvalue weighted by Crippen LogP contribution is -2.37. The van der Waals surface area contributed by atoms with Gasteiger partial charge >= 0.3 is 0 Å². The first-order valence-electron chi connectivity index (χ1n) is 5.86. The van der Waals surface area contributed by atoms with Crippen LogP contribution in [0.5, 0.6) is 0 Å². The summed E-state index contributed by atoms with van der Waals surface area (Å²) in [4.78, 5) is 3.72. The number of hydrogen-bond acceptors (Lipinski definition) is 3. The molecule has 1 aliphatic rings. The van der Waals surface area contributed by atoms with Gasteiger partial charge in [0.15, 0.2) is 0 Å². The van der Waals surface area contributed by atoms with Gasteiger partial charge in [-0.2, -0.15) is 0 Å². The Morgan fingerprint density at radius 2 is 2.19 bits per heavy atom. The van der Waals surface area contributed by atoms with Crippen LogP contribution < -0.4 is 10.6 Å². The van der Waals surface area contributed by atoms with Crippen LogP contribution in [0.15, 0.2) is 23.1 Å². The highest BCUT2D eigenvalue weighted by Crippen LogP contribution is 2.33. The monoisotopic (exact) mass is 236 g/mol. The van der Waals surface area contributed by atoms with Gasteiger partial charge in [0.1, 0.15) is 0 Å². The van der Waals surface area contributed by atoms with Crippen molar-refractivity contribution in [2.75, 3.05) is 18.2 Å². The number of nitrogens with zero attached hydrogens (tertiary/aromatic N) is 1. The fourth-order valence-electron chi connectivity index (χ4n) is 2.25. The lowest BCUT2D eigenvalue weighted by molar-refractivity contribution is 0.400. The van der Waals surface area contributed by atoms with Gasteiger partial charge in [0.05, 0.1) is 0 Å². The predicted octanol–water partition coefficient (Wildman–Crippen LogP) is 2.86. The quantitative estimate of drug-likeness (QED) is 0.815. The maximum Gasteiger partial charge on any atom is 0.0422 e. The summed E-state index contributed by atoms with van der Waals surface area (Å²) >= 11 is 1.78. The Hall–Kier alpha value is -0.670. The van der Waals surface area contributed by atoms with Gasteiger partial charge in [0, 0.05) is 35.8 Å². The first-order chi connectivity index (χ1) is 7.77. The van der Waals surface area contributed by atoms with Crippen molar-refractivity contribution in [2.24, 2.45) is 5.73 Å². The molecule has 0 atom stereocenters. The normalized spacial score (nSPS) is 15.9. The summed E-state index contributed by atoms with van der Waals surface area (Å²) in [6.07, 6.45) is 6.13. The Balaban J connectivity index is 2.30. The molecule has 0 radical (unpaired) electrons. The average molecular weight is 236 g/mol. The molecule has 16 heavy (non-hydrogen) atoms. The summed E-state index contributed by atoms with van der Waals surface area (Å²) in [5.41, 5.74) is 8.50. The summed E-state index contributed by atoms with van der Waals surface area (Å²) in [5.74, 6) is 0. The minimum atomic E-state index is 0.628. The molecule has 1 aliphatic carbocycles. The highest BCUT2D eigenvalue weighted by molar-refractivity contribution is 7.98. The predicted molar refractivity (Wildman–Crippen MR) is 72.2 cm³/mol. The van der Waals surface area contributed by atoms with Crippen molar-refractivity contribution in [3.63, 3.8) is 0 Å². The molecule has 2 rings (SSSR count). The molecule has 0 unspecified atom stereocenters. The second-order valence-corrected chi connectivity index (χ2v) is 5.21. The highest BCUT2D eigenvalue weighted by Gasteiger charge is 2.23. The third-order valence-corrected chi connectivity index (χ3v) is 4.36. The summed E-state index contributed by atoms with van der Waals surface area (Å²) in [6.45, 7) is 0.628. The molecule has 1 saturated carbocycles. The molecule has 0 aliphatic heterocycles. The average Bonchev–Trinajstić information content (AvgIpc) is 2.25. The van der Waals surface area contributed by atoms with Gasteiger partial charge in [-0.25, -0.2) is 0 Å². The van der Waals surface area contributed by atoms with Crippen LogP contribution >= 0.6 is 11.8 Å². The van der Waals surface area contributed by atoms with Gasteiger partial charge in [-0.3, -0.25) is 0 Å². The van der Waals surface area contributed by atoms with Gasteiger partial charge < -0.3 is 10.6 Å². The summed E-state index contributed by atoms with van der Waals surface area (Å²) < 4.78 is 0. The molecule has 0 bridgehead atoms. The number of rotatable bonds is 4. The van der Waals surface area contributed by atoms with Gasteiger partial charge in [-0.1, -0.05) is 6.07 Å². The molecule has 3 heteroatoms. The fourth-order valence-corrected chi connectivity index (χ4v) is 2.90. The zero-order valence-corrected chi connectivity index (χ0v) is 10.9. The van der Waals surface area contributed by atoms with Gasteiger partial charge in [-0.05, 0) is 37.7 Å². The zero-order valence-electron chi connectivity index (χ0n) is 10.1. The van der Waals surface area contributed by atoms with Crippen LogP contribution in [0.25, 0.3) is 0 Å². The maximum absolute atomic E-state index is 5.88. The molecule has 0 heterocycles. The second kappa shape index (κ2) is 5.11. The van der Waals surface area contributed by atoms with Crippen molar-refractivity contribution >= 4 is 17.4 Å². The van der Waals surface area contributed by atoms with Gasteiger partial charge in [0.25, 0.3) is 0 Å². The minimum absolute atomic E-state index is 0.628. The largest absolute Gasteiger partial charge is 0.371 e. The molecule has 1 aromatic rings. The second-order valence-electron chi connectivity index (χ2n) is 4.36. The molecular weight excluding hydrogens is 216 g/mol. The number of benzene rings is 1. The van der Waals surface area contributed by atoms with Crippen LogP contribution in [0.3, 0.4) is 0 Å². The van der Waals surface area contributed by atoms with E-state index in [2.05, 4.69) is 36.4 Å². The molecule has 2 N–H and O–H groups in total. The molecule has 0 saturated heterocycles. The molecule has 0 amide bonds. The fraction of sp³-hybridized carbons (Fsp3) is 0.538. The summed E-state index contributed by atoms with van der Waals surface area (Å²) in [7, 11) is 2.20. The van der Waals surface area contributed by atoms with Crippen LogP contribution in [-0.4, -0.2) is 19.3 Å². The summed E-state index contributed by atoms with van der Waals surface area (Å²) in [5, 5.41) is 0. The van der Waals surface area contributed by atoms with Crippen LogP contribution in [0.2, 0.25) is 0 Å². The SMILES string of the molecule is CSc1cccc(N(C)C2CCC2)c1CN. The van der Waals surface area contributed by atoms with Gasteiger partial charge in [-0.15, -0.1) is 11.8 Å². The maximum atomic E-state index is 5.88. The Labute approximate surface area is 102 Å². The molecule has 0 aromatic heterocycles. The van der Waals surface area contributed by atoms with Crippen molar-refractivity contribution < 1.29 is 0 Å². The third kappa shape index (κ3) is 2.06. The van der Waals surface area contributed by atoms with Crippen LogP contribution in [0.1, 0.15) is 24.8 Å². The third-order valence-electron chi connectivity index (χ3n) is 3.53. The number of thioether (sulfide) groups is 1. The smallest absolute Gasteiger partial charge is 0.0422 e. The Bertz CT molecular complexity index is 361. The lowest BCUT2D eigenvalue weighted by atomic mass is 9.91. The topological polar surface area (TPSA) is 29.3 Å². The molecule has 2 nitrogen and oxygen atoms in total. The van der Waals surface area contributed by atoms with Crippen LogP contribution in [0.4, 0.5) is 5.69 Å². The van der Waals surface area contributed by atoms with Crippen molar-refractivity contribution in [3.05, 3.63) is 23.8 Å². The van der Waals surface area contributed by atoms with E-state index in [9.17, 15) is 0 Å². The molecular formula is C13H20N2S. The summed E-state index contributed by atoms with van der Waals surface area (Å²) in [6, 6.07) is 7.21. The van der Waals surface area contributed by atoms with E-state index in [1.54, 1.807) is 11.8 Å². The van der Waals surface area contributed by atoms with E-state index in [-0.39, 0.29) is 0 Å². The van der Waals surface area contributed by atoms with E-state index in [1.165, 1.54) is 35.4 Å². The lowest BCUT2D eigenvalue weighted by Gasteiger charge is -2.37. The van der Waals surface area contributed by atoms with Crippen molar-refractivity contribution in [1.82, 2.24) is 0 Å². The van der Waals surface area contributed by atoms with E-state index >= 15 is 0 Å². The Morgan fingerprint density at radius 3 is 2.69 bits per heavy atom. The molecule has 1 fully saturated rings. The molecule has 0 spiro atoms. The number of anilines is 1. The van der Waals surface area contributed by atoms with E-state index in [0.717, 1.165) is 6.04 Å². The van der Waals surface area contributed by atoms with E-state index < -0.39 is 0 Å².